The molecule has 0 aromatic rings. The van der Waals surface area contributed by atoms with Crippen molar-refractivity contribution in [2.75, 3.05) is 0 Å². The fraction of sp³-hybridized carbons (Fsp3) is 0.769. The average molecular weight is 223 g/mol. The smallest absolute Gasteiger partial charge is 0.220 e. The lowest BCUT2D eigenvalue weighted by atomic mass is 10.0. The minimum Gasteiger partial charge on any atom is -0.389 e. The zero-order valence-electron chi connectivity index (χ0n) is 9.69. The molecule has 2 rings (SSSR count). The van der Waals surface area contributed by atoms with Gasteiger partial charge in [0.1, 0.15) is 0 Å². The summed E-state index contributed by atoms with van der Waals surface area (Å²) in [5, 5.41) is 12.6. The number of piperidine rings is 1. The molecule has 1 heterocycles. The van der Waals surface area contributed by atoms with Crippen molar-refractivity contribution in [2.45, 2.75) is 57.1 Å². The molecule has 1 amide bonds. The average Bonchev–Trinajstić information content (AvgIpc) is 3.07. The predicted octanol–water partition coefficient (Wildman–Crippen LogP) is 1.76. The van der Waals surface area contributed by atoms with E-state index < -0.39 is 0 Å². The van der Waals surface area contributed by atoms with E-state index >= 15 is 0 Å². The minimum atomic E-state index is -0.334. The summed E-state index contributed by atoms with van der Waals surface area (Å²) in [7, 11) is 0. The molecule has 0 bridgehead atoms. The van der Waals surface area contributed by atoms with Gasteiger partial charge in [-0.15, -0.1) is 0 Å². The van der Waals surface area contributed by atoms with Crippen LogP contribution in [0.25, 0.3) is 0 Å². The molecule has 0 spiro atoms. The van der Waals surface area contributed by atoms with Gasteiger partial charge in [0.15, 0.2) is 0 Å². The third-order valence-corrected chi connectivity index (χ3v) is 3.40. The van der Waals surface area contributed by atoms with Crippen LogP contribution in [0.2, 0.25) is 0 Å². The number of amides is 1. The summed E-state index contributed by atoms with van der Waals surface area (Å²) in [6.45, 7) is 0. The second-order valence-electron chi connectivity index (χ2n) is 5.04. The quantitative estimate of drug-likeness (QED) is 0.698. The van der Waals surface area contributed by atoms with Crippen molar-refractivity contribution in [3.63, 3.8) is 0 Å². The molecule has 2 aliphatic rings. The minimum absolute atomic E-state index is 0.133. The molecule has 2 fully saturated rings. The SMILES string of the molecule is O=C1CCC[C@H](/C=C/[C@@H](O)CCC2CC2)N1. The first kappa shape index (κ1) is 11.6. The van der Waals surface area contributed by atoms with E-state index in [9.17, 15) is 9.90 Å². The molecule has 1 saturated heterocycles. The number of aliphatic hydroxyl groups is 1. The Bertz CT molecular complexity index is 271. The molecule has 1 aliphatic heterocycles. The molecule has 3 nitrogen and oxygen atoms in total. The summed E-state index contributed by atoms with van der Waals surface area (Å²) >= 11 is 0. The Hall–Kier alpha value is -0.830. The molecule has 2 atom stereocenters. The van der Waals surface area contributed by atoms with E-state index in [1.165, 1.54) is 12.8 Å². The van der Waals surface area contributed by atoms with Crippen LogP contribution in [0.5, 0.6) is 0 Å². The summed E-state index contributed by atoms with van der Waals surface area (Å²) in [5.41, 5.74) is 0. The second kappa shape index (κ2) is 5.48. The predicted molar refractivity (Wildman–Crippen MR) is 62.9 cm³/mol. The van der Waals surface area contributed by atoms with Crippen LogP contribution in [0.4, 0.5) is 0 Å². The van der Waals surface area contributed by atoms with E-state index in [4.69, 9.17) is 0 Å². The van der Waals surface area contributed by atoms with Crippen molar-refractivity contribution in [3.05, 3.63) is 12.2 Å². The van der Waals surface area contributed by atoms with Gasteiger partial charge in [-0.2, -0.15) is 0 Å². The number of nitrogens with one attached hydrogen (secondary N) is 1. The van der Waals surface area contributed by atoms with E-state index in [0.29, 0.717) is 6.42 Å². The highest BCUT2D eigenvalue weighted by Gasteiger charge is 2.21. The fourth-order valence-electron chi connectivity index (χ4n) is 2.15. The molecular weight excluding hydrogens is 202 g/mol. The summed E-state index contributed by atoms with van der Waals surface area (Å²) in [4.78, 5) is 11.1. The summed E-state index contributed by atoms with van der Waals surface area (Å²) < 4.78 is 0. The molecule has 1 saturated carbocycles. The molecular formula is C13H21NO2. The number of carbonyl (C=O) groups excluding carboxylic acids is 1. The van der Waals surface area contributed by atoms with Crippen molar-refractivity contribution >= 4 is 5.91 Å². The summed E-state index contributed by atoms with van der Waals surface area (Å²) in [5.74, 6) is 1.01. The van der Waals surface area contributed by atoms with Crippen LogP contribution >= 0.6 is 0 Å². The van der Waals surface area contributed by atoms with Crippen LogP contribution in [0, 0.1) is 5.92 Å². The third-order valence-electron chi connectivity index (χ3n) is 3.40. The lowest BCUT2D eigenvalue weighted by Crippen LogP contribution is -2.37. The molecule has 1 aliphatic carbocycles. The third kappa shape index (κ3) is 3.97. The lowest BCUT2D eigenvalue weighted by Gasteiger charge is -2.20. The number of rotatable bonds is 5. The molecule has 3 heteroatoms. The zero-order valence-corrected chi connectivity index (χ0v) is 9.69. The number of hydrogen-bond donors (Lipinski definition) is 2. The van der Waals surface area contributed by atoms with Gasteiger partial charge in [-0.05, 0) is 31.6 Å². The summed E-state index contributed by atoms with van der Waals surface area (Å²) in [6, 6.07) is 0.136. The fourth-order valence-corrected chi connectivity index (χ4v) is 2.15. The Morgan fingerprint density at radius 1 is 1.44 bits per heavy atom. The summed E-state index contributed by atoms with van der Waals surface area (Å²) in [6.07, 6.45) is 10.8. The maximum absolute atomic E-state index is 11.1. The molecule has 0 radical (unpaired) electrons. The Morgan fingerprint density at radius 2 is 2.25 bits per heavy atom. The zero-order chi connectivity index (χ0) is 11.4. The first-order valence-electron chi connectivity index (χ1n) is 6.40. The van der Waals surface area contributed by atoms with E-state index in [1.54, 1.807) is 0 Å². The van der Waals surface area contributed by atoms with Crippen molar-refractivity contribution in [1.82, 2.24) is 5.32 Å². The van der Waals surface area contributed by atoms with Gasteiger partial charge in [0, 0.05) is 12.5 Å². The Kier molecular flexibility index (Phi) is 3.99. The molecule has 2 N–H and O–H groups in total. The van der Waals surface area contributed by atoms with Gasteiger partial charge in [-0.3, -0.25) is 4.79 Å². The van der Waals surface area contributed by atoms with Crippen molar-refractivity contribution in [1.29, 1.82) is 0 Å². The monoisotopic (exact) mass is 223 g/mol. The van der Waals surface area contributed by atoms with Crippen LogP contribution < -0.4 is 5.32 Å². The first-order valence-corrected chi connectivity index (χ1v) is 6.40. The lowest BCUT2D eigenvalue weighted by molar-refractivity contribution is -0.122. The van der Waals surface area contributed by atoms with Gasteiger partial charge in [0.25, 0.3) is 0 Å². The number of aliphatic hydroxyl groups excluding tert-OH is 1. The van der Waals surface area contributed by atoms with Crippen LogP contribution in [-0.2, 0) is 4.79 Å². The number of hydrogen-bond acceptors (Lipinski definition) is 2. The first-order chi connectivity index (χ1) is 7.74. The molecule has 0 unspecified atom stereocenters. The standard InChI is InChI=1S/C13H21NO2/c15-12(8-6-10-4-5-10)9-7-11-2-1-3-13(16)14-11/h7,9-12,15H,1-6,8H2,(H,14,16)/b9-7+/t11-,12+/m1/s1. The largest absolute Gasteiger partial charge is 0.389 e. The van der Waals surface area contributed by atoms with Crippen LogP contribution in [0.3, 0.4) is 0 Å². The van der Waals surface area contributed by atoms with Gasteiger partial charge in [-0.1, -0.05) is 25.0 Å². The van der Waals surface area contributed by atoms with Crippen molar-refractivity contribution in [3.8, 4) is 0 Å². The normalized spacial score (nSPS) is 28.1. The highest BCUT2D eigenvalue weighted by atomic mass is 16.3. The van der Waals surface area contributed by atoms with Crippen molar-refractivity contribution < 1.29 is 9.90 Å². The maximum atomic E-state index is 11.1. The maximum Gasteiger partial charge on any atom is 0.220 e. The molecule has 90 valence electrons. The highest BCUT2D eigenvalue weighted by molar-refractivity contribution is 5.77. The Balaban J connectivity index is 1.67. The topological polar surface area (TPSA) is 49.3 Å². The second-order valence-corrected chi connectivity index (χ2v) is 5.04. The van der Waals surface area contributed by atoms with Crippen molar-refractivity contribution in [2.24, 2.45) is 5.92 Å². The highest BCUT2D eigenvalue weighted by Crippen LogP contribution is 2.33. The van der Waals surface area contributed by atoms with Gasteiger partial charge < -0.3 is 10.4 Å². The van der Waals surface area contributed by atoms with Gasteiger partial charge in [0.05, 0.1) is 6.10 Å². The van der Waals surface area contributed by atoms with Gasteiger partial charge >= 0.3 is 0 Å². The van der Waals surface area contributed by atoms with E-state index in [-0.39, 0.29) is 18.1 Å². The van der Waals surface area contributed by atoms with E-state index in [2.05, 4.69) is 5.32 Å². The van der Waals surface area contributed by atoms with Crippen LogP contribution in [-0.4, -0.2) is 23.2 Å². The molecule has 0 aromatic carbocycles. The van der Waals surface area contributed by atoms with Crippen LogP contribution in [0.1, 0.15) is 44.9 Å². The molecule has 16 heavy (non-hydrogen) atoms. The van der Waals surface area contributed by atoms with Gasteiger partial charge in [-0.25, -0.2) is 0 Å². The molecule has 0 aromatic heterocycles. The Morgan fingerprint density at radius 3 is 2.94 bits per heavy atom. The van der Waals surface area contributed by atoms with E-state index in [0.717, 1.165) is 31.6 Å². The Labute approximate surface area is 96.9 Å². The van der Waals surface area contributed by atoms with Crippen LogP contribution in [0.15, 0.2) is 12.2 Å². The number of carbonyl (C=O) groups is 1. The van der Waals surface area contributed by atoms with Gasteiger partial charge in [0.2, 0.25) is 5.91 Å². The van der Waals surface area contributed by atoms with E-state index in [1.807, 2.05) is 12.2 Å².